The lowest BCUT2D eigenvalue weighted by molar-refractivity contribution is -0.131. The number of nitrogens with zero attached hydrogens (tertiary/aromatic N) is 3. The Balaban J connectivity index is 1.43. The molecule has 5 rings (SSSR count). The number of ether oxygens (including phenoxy) is 1. The Hall–Kier alpha value is -3.87. The largest absolute Gasteiger partial charge is 0.497 e. The first-order valence-corrected chi connectivity index (χ1v) is 10.6. The number of hydrogen-bond donors (Lipinski definition) is 1. The Morgan fingerprint density at radius 2 is 1.97 bits per heavy atom. The quantitative estimate of drug-likeness (QED) is 0.542. The van der Waals surface area contributed by atoms with Crippen molar-refractivity contribution in [2.45, 2.75) is 26.3 Å². The first-order valence-electron chi connectivity index (χ1n) is 10.6. The van der Waals surface area contributed by atoms with Gasteiger partial charge in [0, 0.05) is 19.0 Å². The number of aromatic nitrogens is 3. The van der Waals surface area contributed by atoms with Gasteiger partial charge in [-0.15, -0.1) is 0 Å². The molecule has 7 nitrogen and oxygen atoms in total. The molecule has 1 amide bonds. The SMILES string of the molecule is COc1ccc(-c2cc3nc4c(c(=O)n3[nH]2)CN(C(=O)Cc2cccc(C)c2)CC4)cc1. The number of H-pyrrole nitrogens is 1. The Bertz CT molecular complexity index is 1370. The maximum Gasteiger partial charge on any atom is 0.277 e. The number of carbonyl (C=O) groups excluding carboxylic acids is 1. The number of benzene rings is 2. The fraction of sp³-hybridized carbons (Fsp3) is 0.240. The van der Waals surface area contributed by atoms with Crippen LogP contribution in [-0.4, -0.2) is 39.1 Å². The Morgan fingerprint density at radius 3 is 2.72 bits per heavy atom. The van der Waals surface area contributed by atoms with Crippen LogP contribution < -0.4 is 10.3 Å². The van der Waals surface area contributed by atoms with Crippen molar-refractivity contribution in [3.63, 3.8) is 0 Å². The van der Waals surface area contributed by atoms with E-state index in [-0.39, 0.29) is 18.0 Å². The molecule has 3 heterocycles. The lowest BCUT2D eigenvalue weighted by Crippen LogP contribution is -2.40. The molecule has 4 aromatic rings. The standard InChI is InChI=1S/C25H24N4O3/c1-16-4-3-5-17(12-16)13-24(30)28-11-10-21-20(15-28)25(31)29-23(26-21)14-22(27-29)18-6-8-19(32-2)9-7-18/h3-9,12,14,27H,10-11,13,15H2,1-2H3. The molecule has 0 atom stereocenters. The topological polar surface area (TPSA) is 79.7 Å². The summed E-state index contributed by atoms with van der Waals surface area (Å²) in [4.78, 5) is 32.6. The van der Waals surface area contributed by atoms with E-state index in [9.17, 15) is 9.59 Å². The average molecular weight is 428 g/mol. The van der Waals surface area contributed by atoms with Crippen LogP contribution in [0.25, 0.3) is 16.9 Å². The molecule has 0 fully saturated rings. The van der Waals surface area contributed by atoms with Crippen LogP contribution in [-0.2, 0) is 24.2 Å². The van der Waals surface area contributed by atoms with Gasteiger partial charge in [0.15, 0.2) is 5.65 Å². The summed E-state index contributed by atoms with van der Waals surface area (Å²) in [6.45, 7) is 2.86. The maximum atomic E-state index is 13.2. The van der Waals surface area contributed by atoms with Crippen molar-refractivity contribution in [1.29, 1.82) is 0 Å². The van der Waals surface area contributed by atoms with E-state index in [1.165, 1.54) is 4.52 Å². The molecular weight excluding hydrogens is 404 g/mol. The number of aromatic amines is 1. The maximum absolute atomic E-state index is 13.2. The summed E-state index contributed by atoms with van der Waals surface area (Å²) in [5.74, 6) is 0.794. The Morgan fingerprint density at radius 1 is 1.16 bits per heavy atom. The van der Waals surface area contributed by atoms with Crippen molar-refractivity contribution in [3.8, 4) is 17.0 Å². The molecule has 1 aliphatic heterocycles. The van der Waals surface area contributed by atoms with E-state index in [4.69, 9.17) is 9.72 Å². The molecule has 0 unspecified atom stereocenters. The summed E-state index contributed by atoms with van der Waals surface area (Å²) in [7, 11) is 1.63. The molecule has 2 aromatic heterocycles. The highest BCUT2D eigenvalue weighted by Crippen LogP contribution is 2.23. The van der Waals surface area contributed by atoms with Gasteiger partial charge in [-0.2, -0.15) is 0 Å². The second-order valence-corrected chi connectivity index (χ2v) is 8.17. The molecule has 7 heteroatoms. The van der Waals surface area contributed by atoms with E-state index in [0.717, 1.165) is 33.8 Å². The monoisotopic (exact) mass is 428 g/mol. The zero-order valence-electron chi connectivity index (χ0n) is 18.1. The van der Waals surface area contributed by atoms with Crippen LogP contribution in [0.3, 0.4) is 0 Å². The molecule has 32 heavy (non-hydrogen) atoms. The number of nitrogens with one attached hydrogen (secondary N) is 1. The summed E-state index contributed by atoms with van der Waals surface area (Å²) in [5.41, 5.74) is 5.63. The molecule has 0 saturated heterocycles. The minimum absolute atomic E-state index is 0.0242. The highest BCUT2D eigenvalue weighted by Gasteiger charge is 2.25. The summed E-state index contributed by atoms with van der Waals surface area (Å²) >= 11 is 0. The second-order valence-electron chi connectivity index (χ2n) is 8.17. The third-order valence-electron chi connectivity index (χ3n) is 5.95. The third-order valence-corrected chi connectivity index (χ3v) is 5.95. The fourth-order valence-corrected chi connectivity index (χ4v) is 4.22. The van der Waals surface area contributed by atoms with Gasteiger partial charge in [0.2, 0.25) is 5.91 Å². The van der Waals surface area contributed by atoms with Crippen LogP contribution >= 0.6 is 0 Å². The normalized spacial score (nSPS) is 13.2. The van der Waals surface area contributed by atoms with Crippen LogP contribution in [0, 0.1) is 6.92 Å². The molecule has 2 aromatic carbocycles. The number of carbonyl (C=O) groups is 1. The number of aryl methyl sites for hydroxylation is 1. The fourth-order valence-electron chi connectivity index (χ4n) is 4.22. The van der Waals surface area contributed by atoms with E-state index in [1.54, 1.807) is 12.0 Å². The van der Waals surface area contributed by atoms with Gasteiger partial charge in [-0.05, 0) is 42.3 Å². The Labute approximate surface area is 185 Å². The first-order chi connectivity index (χ1) is 15.5. The van der Waals surface area contributed by atoms with Gasteiger partial charge in [-0.25, -0.2) is 9.50 Å². The van der Waals surface area contributed by atoms with Crippen molar-refractivity contribution < 1.29 is 9.53 Å². The van der Waals surface area contributed by atoms with Gasteiger partial charge in [0.05, 0.1) is 37.0 Å². The van der Waals surface area contributed by atoms with Crippen molar-refractivity contribution in [2.24, 2.45) is 0 Å². The number of amides is 1. The van der Waals surface area contributed by atoms with Crippen LogP contribution in [0.4, 0.5) is 0 Å². The highest BCUT2D eigenvalue weighted by molar-refractivity contribution is 5.79. The van der Waals surface area contributed by atoms with Gasteiger partial charge in [-0.3, -0.25) is 14.7 Å². The molecule has 0 spiro atoms. The van der Waals surface area contributed by atoms with Gasteiger partial charge in [-0.1, -0.05) is 29.8 Å². The first kappa shape index (κ1) is 20.1. The van der Waals surface area contributed by atoms with Crippen LogP contribution in [0.15, 0.2) is 59.4 Å². The van der Waals surface area contributed by atoms with Crippen LogP contribution in [0.1, 0.15) is 22.4 Å². The minimum atomic E-state index is -0.155. The predicted molar refractivity (Wildman–Crippen MR) is 122 cm³/mol. The summed E-state index contributed by atoms with van der Waals surface area (Å²) in [6.07, 6.45) is 0.905. The molecule has 162 valence electrons. The van der Waals surface area contributed by atoms with E-state index in [0.29, 0.717) is 30.6 Å². The van der Waals surface area contributed by atoms with Crippen molar-refractivity contribution in [1.82, 2.24) is 19.5 Å². The molecule has 0 aliphatic carbocycles. The van der Waals surface area contributed by atoms with E-state index < -0.39 is 0 Å². The Kier molecular flexibility index (Phi) is 5.01. The smallest absolute Gasteiger partial charge is 0.277 e. The third kappa shape index (κ3) is 3.66. The zero-order chi connectivity index (χ0) is 22.2. The van der Waals surface area contributed by atoms with Crippen LogP contribution in [0.2, 0.25) is 0 Å². The summed E-state index contributed by atoms with van der Waals surface area (Å²) < 4.78 is 6.68. The average Bonchev–Trinajstić information content (AvgIpc) is 3.23. The number of methoxy groups -OCH3 is 1. The lowest BCUT2D eigenvalue weighted by atomic mass is 10.0. The number of fused-ring (bicyclic) bond motifs is 2. The molecular formula is C25H24N4O3. The van der Waals surface area contributed by atoms with Gasteiger partial charge in [0.25, 0.3) is 5.56 Å². The lowest BCUT2D eigenvalue weighted by Gasteiger charge is -2.27. The van der Waals surface area contributed by atoms with E-state index in [1.807, 2.05) is 61.5 Å². The summed E-state index contributed by atoms with van der Waals surface area (Å²) in [5, 5.41) is 3.16. The molecule has 1 N–H and O–H groups in total. The summed E-state index contributed by atoms with van der Waals surface area (Å²) in [6, 6.07) is 17.4. The van der Waals surface area contributed by atoms with Crippen molar-refractivity contribution in [2.75, 3.05) is 13.7 Å². The highest BCUT2D eigenvalue weighted by atomic mass is 16.5. The molecule has 0 bridgehead atoms. The number of hydrogen-bond acceptors (Lipinski definition) is 4. The molecule has 0 radical (unpaired) electrons. The second kappa shape index (κ2) is 8.00. The van der Waals surface area contributed by atoms with Crippen molar-refractivity contribution >= 4 is 11.6 Å². The molecule has 1 aliphatic rings. The van der Waals surface area contributed by atoms with Gasteiger partial charge in [0.1, 0.15) is 5.75 Å². The molecule has 0 saturated carbocycles. The predicted octanol–water partition coefficient (Wildman–Crippen LogP) is 3.13. The minimum Gasteiger partial charge on any atom is -0.497 e. The van der Waals surface area contributed by atoms with E-state index >= 15 is 0 Å². The number of rotatable bonds is 4. The van der Waals surface area contributed by atoms with Gasteiger partial charge >= 0.3 is 0 Å². The van der Waals surface area contributed by atoms with E-state index in [2.05, 4.69) is 5.10 Å². The van der Waals surface area contributed by atoms with Crippen molar-refractivity contribution in [3.05, 3.63) is 87.3 Å². The zero-order valence-corrected chi connectivity index (χ0v) is 18.1. The van der Waals surface area contributed by atoms with Crippen LogP contribution in [0.5, 0.6) is 5.75 Å². The van der Waals surface area contributed by atoms with Gasteiger partial charge < -0.3 is 9.64 Å².